The van der Waals surface area contributed by atoms with E-state index in [0.717, 1.165) is 0 Å². The lowest BCUT2D eigenvalue weighted by atomic mass is 9.74. The Labute approximate surface area is 283 Å². The van der Waals surface area contributed by atoms with Gasteiger partial charge in [0.25, 0.3) is 16.0 Å². The van der Waals surface area contributed by atoms with E-state index in [1.54, 1.807) is 24.3 Å². The molecule has 1 rings (SSSR count). The third kappa shape index (κ3) is 15.3. The minimum absolute atomic E-state index is 0.0852. The van der Waals surface area contributed by atoms with Gasteiger partial charge in [-0.3, -0.25) is 28.5 Å². The number of carbonyl (C=O) groups excluding carboxylic acids is 4. The summed E-state index contributed by atoms with van der Waals surface area (Å²) in [6.45, 7) is 5.07. The van der Waals surface area contributed by atoms with Gasteiger partial charge in [0.15, 0.2) is 6.04 Å². The lowest BCUT2D eigenvalue weighted by Gasteiger charge is -2.32. The average molecular weight is 717 g/mol. The van der Waals surface area contributed by atoms with Crippen molar-refractivity contribution in [3.8, 4) is 0 Å². The Hall–Kier alpha value is -4.85. The number of hydrogen-bond donors (Lipinski definition) is 9. The number of nitroso groups, excluding NO2 is 1. The SMILES string of the molecule is CC(C)(CC(C)(C)C(=O)NC(CS(=O)(=O)O)C(=O)NC(CC[N+](=O)NC(CCCCNC(=O)c1ccc(N)cc1)C(N)=O)C(=O)O)C(=O)O. The number of carboxylic acids is 2. The smallest absolute Gasteiger partial charge is 0.326 e. The number of carbonyl (C=O) groups is 6. The Morgan fingerprint density at radius 3 is 1.98 bits per heavy atom. The predicted molar refractivity (Wildman–Crippen MR) is 174 cm³/mol. The number of nitrogen functional groups attached to an aromatic ring is 1. The van der Waals surface area contributed by atoms with Crippen molar-refractivity contribution in [2.45, 2.75) is 77.9 Å². The van der Waals surface area contributed by atoms with Gasteiger partial charge in [-0.2, -0.15) is 8.42 Å². The second kappa shape index (κ2) is 18.1. The Kier molecular flexibility index (Phi) is 15.5. The number of carboxylic acid groups (broad SMARTS) is 2. The van der Waals surface area contributed by atoms with Gasteiger partial charge < -0.3 is 37.6 Å². The number of aliphatic carboxylic acids is 2. The number of hydrazine groups is 1. The van der Waals surface area contributed by atoms with Crippen LogP contribution in [0.25, 0.3) is 0 Å². The van der Waals surface area contributed by atoms with Crippen molar-refractivity contribution in [3.63, 3.8) is 0 Å². The maximum Gasteiger partial charge on any atom is 0.326 e. The van der Waals surface area contributed by atoms with Gasteiger partial charge in [-0.15, -0.1) is 5.43 Å². The minimum atomic E-state index is -4.90. The Morgan fingerprint density at radius 2 is 1.47 bits per heavy atom. The number of benzene rings is 1. The van der Waals surface area contributed by atoms with Crippen LogP contribution in [0.1, 0.15) is 70.2 Å². The van der Waals surface area contributed by atoms with Crippen LogP contribution in [0.15, 0.2) is 24.3 Å². The molecule has 4 amide bonds. The van der Waals surface area contributed by atoms with E-state index in [2.05, 4.69) is 16.1 Å². The van der Waals surface area contributed by atoms with E-state index < -0.39 is 87.5 Å². The van der Waals surface area contributed by atoms with E-state index in [-0.39, 0.29) is 30.2 Å². The molecular weight excluding hydrogens is 670 g/mol. The van der Waals surface area contributed by atoms with Crippen molar-refractivity contribution in [1.29, 1.82) is 0 Å². The molecule has 0 aliphatic rings. The summed E-state index contributed by atoms with van der Waals surface area (Å²) in [5, 5.41) is 25.9. The van der Waals surface area contributed by atoms with Crippen molar-refractivity contribution in [1.82, 2.24) is 21.4 Å². The standard InChI is InChI=1S/C29H45N7O12S/c1-28(2,16-29(3,4)27(43)44)26(42)34-21(15-49(46,47)48)24(39)33-20(25(40)41)12-14-36(45)35-19(22(31)37)7-5-6-13-32-23(38)17-8-10-18(30)11-9-17/h8-11,19-21H,5-7,12-16H2,1-4H3,(H10-,30,31,32,33,34,35,37,38,39,40,41,42,43,44,45,46,47,48)/p+1. The first-order valence-electron chi connectivity index (χ1n) is 15.1. The summed E-state index contributed by atoms with van der Waals surface area (Å²) < 4.78 is 32.6. The molecule has 3 unspecified atom stereocenters. The molecule has 0 aliphatic carbocycles. The van der Waals surface area contributed by atoms with Crippen LogP contribution in [0.2, 0.25) is 0 Å². The van der Waals surface area contributed by atoms with Crippen LogP contribution in [0.5, 0.6) is 0 Å². The van der Waals surface area contributed by atoms with Crippen LogP contribution in [0, 0.1) is 15.7 Å². The highest BCUT2D eigenvalue weighted by Crippen LogP contribution is 2.34. The van der Waals surface area contributed by atoms with Crippen LogP contribution < -0.4 is 32.8 Å². The number of nitrogens with two attached hydrogens (primary N) is 2. The lowest BCUT2D eigenvalue weighted by Crippen LogP contribution is -2.56. The molecule has 0 saturated heterocycles. The molecule has 0 bridgehead atoms. The number of nitrogens with one attached hydrogen (secondary N) is 4. The van der Waals surface area contributed by atoms with E-state index in [0.29, 0.717) is 24.1 Å². The average Bonchev–Trinajstić information content (AvgIpc) is 2.96. The van der Waals surface area contributed by atoms with Gasteiger partial charge in [0.2, 0.25) is 24.3 Å². The number of primary amides is 1. The highest BCUT2D eigenvalue weighted by molar-refractivity contribution is 7.85. The molecule has 3 atom stereocenters. The van der Waals surface area contributed by atoms with Gasteiger partial charge in [0.1, 0.15) is 22.7 Å². The first kappa shape index (κ1) is 42.2. The molecule has 1 aromatic rings. The van der Waals surface area contributed by atoms with Crippen LogP contribution in [0.4, 0.5) is 5.69 Å². The van der Waals surface area contributed by atoms with Gasteiger partial charge in [-0.1, -0.05) is 13.8 Å². The van der Waals surface area contributed by atoms with Crippen molar-refractivity contribution >= 4 is 51.4 Å². The molecular formula is C29H46N7O12S+. The van der Waals surface area contributed by atoms with Crippen molar-refractivity contribution in [2.75, 3.05) is 24.6 Å². The second-order valence-corrected chi connectivity index (χ2v) is 14.3. The van der Waals surface area contributed by atoms with E-state index >= 15 is 0 Å². The zero-order valence-corrected chi connectivity index (χ0v) is 28.5. The number of anilines is 1. The summed E-state index contributed by atoms with van der Waals surface area (Å²) in [7, 11) is -4.90. The summed E-state index contributed by atoms with van der Waals surface area (Å²) in [5.41, 5.74) is 11.3. The van der Waals surface area contributed by atoms with Crippen LogP contribution >= 0.6 is 0 Å². The zero-order chi connectivity index (χ0) is 37.7. The summed E-state index contributed by atoms with van der Waals surface area (Å²) >= 11 is 0. The molecule has 0 heterocycles. The zero-order valence-electron chi connectivity index (χ0n) is 27.7. The summed E-state index contributed by atoms with van der Waals surface area (Å²) in [6.07, 6.45) is 0.0650. The van der Waals surface area contributed by atoms with Crippen molar-refractivity contribution in [2.24, 2.45) is 16.6 Å². The molecule has 0 spiro atoms. The third-order valence-corrected chi connectivity index (χ3v) is 8.09. The van der Waals surface area contributed by atoms with Crippen LogP contribution in [-0.2, 0) is 34.1 Å². The van der Waals surface area contributed by atoms with Gasteiger partial charge in [0, 0.05) is 29.6 Å². The summed E-state index contributed by atoms with van der Waals surface area (Å²) in [6, 6.07) is 1.34. The van der Waals surface area contributed by atoms with E-state index in [9.17, 15) is 56.9 Å². The van der Waals surface area contributed by atoms with Crippen LogP contribution in [0.3, 0.4) is 0 Å². The van der Waals surface area contributed by atoms with E-state index in [4.69, 9.17) is 11.5 Å². The molecule has 1 aromatic carbocycles. The van der Waals surface area contributed by atoms with Crippen molar-refractivity contribution < 1.29 is 56.8 Å². The monoisotopic (exact) mass is 716 g/mol. The quantitative estimate of drug-likeness (QED) is 0.0233. The minimum Gasteiger partial charge on any atom is -0.481 e. The molecule has 20 heteroatoms. The maximum absolute atomic E-state index is 13.0. The number of nitrogens with zero attached hydrogens (tertiary/aromatic N) is 1. The molecule has 0 radical (unpaired) electrons. The second-order valence-electron chi connectivity index (χ2n) is 12.8. The molecule has 0 aliphatic heterocycles. The van der Waals surface area contributed by atoms with E-state index in [1.165, 1.54) is 27.7 Å². The molecule has 274 valence electrons. The molecule has 0 aromatic heterocycles. The highest BCUT2D eigenvalue weighted by Gasteiger charge is 2.41. The fourth-order valence-electron chi connectivity index (χ4n) is 4.70. The summed E-state index contributed by atoms with van der Waals surface area (Å²) in [4.78, 5) is 86.0. The van der Waals surface area contributed by atoms with Crippen molar-refractivity contribution in [3.05, 3.63) is 34.7 Å². The lowest BCUT2D eigenvalue weighted by molar-refractivity contribution is -0.611. The topological polar surface area (TPSA) is 317 Å². The first-order valence-corrected chi connectivity index (χ1v) is 16.7. The summed E-state index contributed by atoms with van der Waals surface area (Å²) in [5.74, 6) is -7.67. The largest absolute Gasteiger partial charge is 0.481 e. The number of rotatable bonds is 22. The van der Waals surface area contributed by atoms with Gasteiger partial charge in [-0.05, 0) is 63.8 Å². The molecule has 19 nitrogen and oxygen atoms in total. The maximum atomic E-state index is 13.0. The molecule has 11 N–H and O–H groups in total. The third-order valence-electron chi connectivity index (χ3n) is 7.33. The molecule has 49 heavy (non-hydrogen) atoms. The van der Waals surface area contributed by atoms with Gasteiger partial charge in [-0.25, -0.2) is 4.79 Å². The Balaban J connectivity index is 2.78. The fraction of sp³-hybridized carbons (Fsp3) is 0.586. The molecule has 0 saturated carbocycles. The highest BCUT2D eigenvalue weighted by atomic mass is 32.2. The predicted octanol–water partition coefficient (Wildman–Crippen LogP) is -0.834. The van der Waals surface area contributed by atoms with E-state index in [1.807, 2.05) is 5.32 Å². The number of amides is 4. The Bertz CT molecular complexity index is 1500. The van der Waals surface area contributed by atoms with Crippen LogP contribution in [-0.4, -0.2) is 101 Å². The van der Waals surface area contributed by atoms with Gasteiger partial charge >= 0.3 is 11.9 Å². The Morgan fingerprint density at radius 1 is 0.878 bits per heavy atom. The number of unbranched alkanes of at least 4 members (excludes halogenated alkanes) is 1. The first-order chi connectivity index (χ1) is 22.4. The van der Waals surface area contributed by atoms with Gasteiger partial charge in [0.05, 0.1) is 10.3 Å². The normalized spacial score (nSPS) is 13.7. The number of hydrogen-bond acceptors (Lipinski definition) is 10. The fourth-order valence-corrected chi connectivity index (χ4v) is 5.36. The molecule has 0 fully saturated rings.